The first-order valence-electron chi connectivity index (χ1n) is 7.40. The van der Waals surface area contributed by atoms with Gasteiger partial charge in [-0.2, -0.15) is 5.10 Å². The molecule has 1 unspecified atom stereocenters. The fourth-order valence-corrected chi connectivity index (χ4v) is 1.98. The second-order valence-electron chi connectivity index (χ2n) is 5.13. The molecule has 0 bridgehead atoms. The average Bonchev–Trinajstić information content (AvgIpc) is 2.60. The number of ether oxygens (including phenoxy) is 1. The van der Waals surface area contributed by atoms with Crippen molar-refractivity contribution in [1.82, 2.24) is 5.43 Å². The molecule has 1 atom stereocenters. The lowest BCUT2D eigenvalue weighted by atomic mass is 10.1. The Kier molecular flexibility index (Phi) is 5.74. The van der Waals surface area contributed by atoms with E-state index in [0.717, 1.165) is 22.7 Å². The number of carbonyl (C=O) groups is 1. The topological polar surface area (TPSA) is 62.7 Å². The second kappa shape index (κ2) is 7.98. The predicted octanol–water partition coefficient (Wildman–Crippen LogP) is 3.04. The van der Waals surface area contributed by atoms with Gasteiger partial charge in [0, 0.05) is 5.69 Å². The van der Waals surface area contributed by atoms with Crippen molar-refractivity contribution in [3.05, 3.63) is 60.2 Å². The van der Waals surface area contributed by atoms with E-state index in [1.54, 1.807) is 14.0 Å². The van der Waals surface area contributed by atoms with E-state index >= 15 is 0 Å². The lowest BCUT2D eigenvalue weighted by Gasteiger charge is -2.13. The number of hydrogen-bond donors (Lipinski definition) is 2. The molecule has 0 radical (unpaired) electrons. The van der Waals surface area contributed by atoms with Gasteiger partial charge in [-0.05, 0) is 55.8 Å². The number of nitrogens with one attached hydrogen (secondary N) is 2. The smallest absolute Gasteiger partial charge is 0.262 e. The summed E-state index contributed by atoms with van der Waals surface area (Å²) in [5.74, 6) is 0.591. The highest BCUT2D eigenvalue weighted by atomic mass is 16.5. The Morgan fingerprint density at radius 2 is 1.74 bits per heavy atom. The highest BCUT2D eigenvalue weighted by Gasteiger charge is 2.11. The van der Waals surface area contributed by atoms with Crippen LogP contribution in [0.4, 0.5) is 5.69 Å². The van der Waals surface area contributed by atoms with E-state index in [9.17, 15) is 4.79 Å². The van der Waals surface area contributed by atoms with Crippen molar-refractivity contribution in [3.8, 4) is 5.75 Å². The van der Waals surface area contributed by atoms with Crippen molar-refractivity contribution < 1.29 is 9.53 Å². The number of carbonyl (C=O) groups excluding carboxylic acids is 1. The Hall–Kier alpha value is -2.82. The molecule has 1 amide bonds. The third-order valence-electron chi connectivity index (χ3n) is 3.39. The first-order valence-corrected chi connectivity index (χ1v) is 7.40. The van der Waals surface area contributed by atoms with Crippen LogP contribution >= 0.6 is 0 Å². The van der Waals surface area contributed by atoms with Crippen molar-refractivity contribution in [2.45, 2.75) is 19.9 Å². The summed E-state index contributed by atoms with van der Waals surface area (Å²) in [6.45, 7) is 3.64. The third-order valence-corrected chi connectivity index (χ3v) is 3.39. The summed E-state index contributed by atoms with van der Waals surface area (Å²) in [7, 11) is 1.62. The largest absolute Gasteiger partial charge is 0.497 e. The third kappa shape index (κ3) is 4.85. The number of anilines is 1. The number of benzene rings is 2. The molecule has 2 rings (SSSR count). The molecule has 5 heteroatoms. The first kappa shape index (κ1) is 16.5. The zero-order valence-electron chi connectivity index (χ0n) is 13.5. The fraction of sp³-hybridized carbons (Fsp3) is 0.222. The summed E-state index contributed by atoms with van der Waals surface area (Å²) in [6.07, 6.45) is 0. The minimum atomic E-state index is -0.384. The molecular weight excluding hydrogens is 290 g/mol. The Bertz CT molecular complexity index is 666. The van der Waals surface area contributed by atoms with E-state index in [4.69, 9.17) is 4.74 Å². The van der Waals surface area contributed by atoms with Crippen LogP contribution in [0.25, 0.3) is 0 Å². The summed E-state index contributed by atoms with van der Waals surface area (Å²) in [5.41, 5.74) is 5.13. The molecule has 0 aliphatic rings. The van der Waals surface area contributed by atoms with Crippen LogP contribution in [0.5, 0.6) is 5.75 Å². The number of amides is 1. The van der Waals surface area contributed by atoms with E-state index in [1.807, 2.05) is 61.5 Å². The predicted molar refractivity (Wildman–Crippen MR) is 92.9 cm³/mol. The maximum absolute atomic E-state index is 12.1. The van der Waals surface area contributed by atoms with Crippen LogP contribution in [0.2, 0.25) is 0 Å². The fourth-order valence-electron chi connectivity index (χ4n) is 1.98. The van der Waals surface area contributed by atoms with Gasteiger partial charge in [-0.15, -0.1) is 0 Å². The van der Waals surface area contributed by atoms with Crippen molar-refractivity contribution in [2.24, 2.45) is 5.10 Å². The van der Waals surface area contributed by atoms with E-state index in [2.05, 4.69) is 15.8 Å². The lowest BCUT2D eigenvalue weighted by Crippen LogP contribution is -2.35. The zero-order valence-corrected chi connectivity index (χ0v) is 13.5. The van der Waals surface area contributed by atoms with Crippen LogP contribution in [0.1, 0.15) is 19.4 Å². The van der Waals surface area contributed by atoms with Crippen LogP contribution in [-0.4, -0.2) is 24.8 Å². The van der Waals surface area contributed by atoms with E-state index in [0.29, 0.717) is 0 Å². The quantitative estimate of drug-likeness (QED) is 0.637. The summed E-state index contributed by atoms with van der Waals surface area (Å²) in [5, 5.41) is 7.27. The van der Waals surface area contributed by atoms with Gasteiger partial charge in [-0.1, -0.05) is 18.2 Å². The Morgan fingerprint density at radius 1 is 1.09 bits per heavy atom. The molecule has 0 saturated heterocycles. The van der Waals surface area contributed by atoms with Gasteiger partial charge >= 0.3 is 0 Å². The van der Waals surface area contributed by atoms with Gasteiger partial charge in [-0.3, -0.25) is 4.79 Å². The minimum Gasteiger partial charge on any atom is -0.497 e. The van der Waals surface area contributed by atoms with Crippen LogP contribution < -0.4 is 15.5 Å². The number of hydrazone groups is 1. The normalized spacial score (nSPS) is 12.4. The molecular formula is C18H21N3O2. The van der Waals surface area contributed by atoms with E-state index in [1.165, 1.54) is 0 Å². The highest BCUT2D eigenvalue weighted by molar-refractivity contribution is 5.99. The van der Waals surface area contributed by atoms with Crippen molar-refractivity contribution in [3.63, 3.8) is 0 Å². The molecule has 0 aliphatic heterocycles. The Morgan fingerprint density at radius 3 is 2.35 bits per heavy atom. The van der Waals surface area contributed by atoms with Crippen molar-refractivity contribution in [1.29, 1.82) is 0 Å². The van der Waals surface area contributed by atoms with Crippen LogP contribution in [-0.2, 0) is 4.79 Å². The van der Waals surface area contributed by atoms with Gasteiger partial charge in [0.05, 0.1) is 12.8 Å². The molecule has 2 N–H and O–H groups in total. The van der Waals surface area contributed by atoms with E-state index < -0.39 is 0 Å². The van der Waals surface area contributed by atoms with Gasteiger partial charge in [0.2, 0.25) is 0 Å². The highest BCUT2D eigenvalue weighted by Crippen LogP contribution is 2.12. The van der Waals surface area contributed by atoms with Crippen LogP contribution in [0.15, 0.2) is 59.7 Å². The first-order chi connectivity index (χ1) is 11.1. The van der Waals surface area contributed by atoms with Gasteiger partial charge in [-0.25, -0.2) is 5.43 Å². The summed E-state index contributed by atoms with van der Waals surface area (Å²) >= 11 is 0. The van der Waals surface area contributed by atoms with Crippen molar-refractivity contribution >= 4 is 17.3 Å². The van der Waals surface area contributed by atoms with Crippen LogP contribution in [0.3, 0.4) is 0 Å². The summed E-state index contributed by atoms with van der Waals surface area (Å²) < 4.78 is 5.12. The molecule has 2 aromatic rings. The molecule has 0 heterocycles. The number of para-hydroxylation sites is 1. The second-order valence-corrected chi connectivity index (χ2v) is 5.13. The Balaban J connectivity index is 1.93. The molecule has 0 spiro atoms. The van der Waals surface area contributed by atoms with Gasteiger partial charge in [0.25, 0.3) is 5.91 Å². The molecule has 0 aliphatic carbocycles. The molecule has 0 saturated carbocycles. The number of methoxy groups -OCH3 is 1. The summed E-state index contributed by atoms with van der Waals surface area (Å²) in [6, 6.07) is 16.7. The molecule has 23 heavy (non-hydrogen) atoms. The molecule has 120 valence electrons. The minimum absolute atomic E-state index is 0.193. The number of rotatable bonds is 6. The molecule has 0 aromatic heterocycles. The summed E-state index contributed by atoms with van der Waals surface area (Å²) in [4.78, 5) is 12.1. The standard InChI is InChI=1S/C18H21N3O2/c1-13(15-9-11-17(23-3)12-10-15)20-21-18(22)14(2)19-16-7-5-4-6-8-16/h4-12,14,19H,1-3H3,(H,21,22). The molecule has 2 aromatic carbocycles. The number of hydrogen-bond acceptors (Lipinski definition) is 4. The zero-order chi connectivity index (χ0) is 16.7. The van der Waals surface area contributed by atoms with E-state index in [-0.39, 0.29) is 11.9 Å². The average molecular weight is 311 g/mol. The number of nitrogens with zero attached hydrogens (tertiary/aromatic N) is 1. The maximum atomic E-state index is 12.1. The molecule has 0 fully saturated rings. The Labute approximate surface area is 136 Å². The van der Waals surface area contributed by atoms with Crippen molar-refractivity contribution in [2.75, 3.05) is 12.4 Å². The lowest BCUT2D eigenvalue weighted by molar-refractivity contribution is -0.121. The maximum Gasteiger partial charge on any atom is 0.262 e. The van der Waals surface area contributed by atoms with Gasteiger partial charge < -0.3 is 10.1 Å². The SMILES string of the molecule is COc1ccc(C(C)=NNC(=O)C(C)Nc2ccccc2)cc1. The molecule has 5 nitrogen and oxygen atoms in total. The monoisotopic (exact) mass is 311 g/mol. The van der Waals surface area contributed by atoms with Gasteiger partial charge in [0.15, 0.2) is 0 Å². The van der Waals surface area contributed by atoms with Crippen LogP contribution in [0, 0.1) is 0 Å². The van der Waals surface area contributed by atoms with Gasteiger partial charge in [0.1, 0.15) is 11.8 Å².